The van der Waals surface area contributed by atoms with E-state index in [1.165, 1.54) is 12.1 Å². The Kier molecular flexibility index (Phi) is 4.39. The first-order valence-electron chi connectivity index (χ1n) is 6.08. The zero-order chi connectivity index (χ0) is 14.7. The highest BCUT2D eigenvalue weighted by Crippen LogP contribution is 2.18. The van der Waals surface area contributed by atoms with Crippen LogP contribution >= 0.6 is 15.9 Å². The lowest BCUT2D eigenvalue weighted by atomic mass is 10.1. The molecule has 1 amide bonds. The summed E-state index contributed by atoms with van der Waals surface area (Å²) in [5, 5.41) is 2.76. The first-order valence-corrected chi connectivity index (χ1v) is 6.88. The largest absolute Gasteiger partial charge is 0.399 e. The SMILES string of the molecule is C[C@H](NC(=O)c1ccc(N)cc1F)c1ccc(Br)cc1. The molecule has 2 aromatic rings. The van der Waals surface area contributed by atoms with Gasteiger partial charge in [0, 0.05) is 10.2 Å². The van der Waals surface area contributed by atoms with Crippen LogP contribution in [0.4, 0.5) is 10.1 Å². The fourth-order valence-electron chi connectivity index (χ4n) is 1.82. The van der Waals surface area contributed by atoms with E-state index >= 15 is 0 Å². The van der Waals surface area contributed by atoms with Gasteiger partial charge in [0.25, 0.3) is 5.91 Å². The number of rotatable bonds is 3. The highest BCUT2D eigenvalue weighted by Gasteiger charge is 2.15. The van der Waals surface area contributed by atoms with Crippen molar-refractivity contribution in [3.05, 3.63) is 63.9 Å². The molecule has 0 saturated heterocycles. The van der Waals surface area contributed by atoms with Gasteiger partial charge in [-0.2, -0.15) is 0 Å². The number of hydrogen-bond donors (Lipinski definition) is 2. The predicted molar refractivity (Wildman–Crippen MR) is 80.8 cm³/mol. The maximum Gasteiger partial charge on any atom is 0.254 e. The second kappa shape index (κ2) is 6.05. The number of hydrogen-bond acceptors (Lipinski definition) is 2. The van der Waals surface area contributed by atoms with Crippen LogP contribution in [0.2, 0.25) is 0 Å². The highest BCUT2D eigenvalue weighted by atomic mass is 79.9. The van der Waals surface area contributed by atoms with Crippen LogP contribution < -0.4 is 11.1 Å². The molecule has 2 rings (SSSR count). The van der Waals surface area contributed by atoms with Crippen molar-refractivity contribution >= 4 is 27.5 Å². The summed E-state index contributed by atoms with van der Waals surface area (Å²) in [6.45, 7) is 1.84. The van der Waals surface area contributed by atoms with Gasteiger partial charge < -0.3 is 11.1 Å². The number of nitrogens with two attached hydrogens (primary N) is 1. The maximum atomic E-state index is 13.7. The quantitative estimate of drug-likeness (QED) is 0.840. The Balaban J connectivity index is 2.13. The van der Waals surface area contributed by atoms with Crippen LogP contribution in [0.15, 0.2) is 46.9 Å². The van der Waals surface area contributed by atoms with Crippen molar-refractivity contribution < 1.29 is 9.18 Å². The van der Waals surface area contributed by atoms with Gasteiger partial charge in [-0.05, 0) is 42.8 Å². The second-order valence-corrected chi connectivity index (χ2v) is 5.40. The molecule has 2 aromatic carbocycles. The molecule has 0 saturated carbocycles. The number of carbonyl (C=O) groups excluding carboxylic acids is 1. The number of benzene rings is 2. The molecule has 3 N–H and O–H groups in total. The van der Waals surface area contributed by atoms with Gasteiger partial charge in [0.1, 0.15) is 5.82 Å². The van der Waals surface area contributed by atoms with Crippen molar-refractivity contribution in [1.29, 1.82) is 0 Å². The molecule has 20 heavy (non-hydrogen) atoms. The smallest absolute Gasteiger partial charge is 0.254 e. The number of carbonyl (C=O) groups is 1. The lowest BCUT2D eigenvalue weighted by molar-refractivity contribution is 0.0936. The van der Waals surface area contributed by atoms with Crippen molar-refractivity contribution in [2.45, 2.75) is 13.0 Å². The summed E-state index contributed by atoms with van der Waals surface area (Å²) in [4.78, 5) is 12.0. The minimum atomic E-state index is -0.620. The zero-order valence-corrected chi connectivity index (χ0v) is 12.4. The van der Waals surface area contributed by atoms with Crippen molar-refractivity contribution in [3.63, 3.8) is 0 Å². The third-order valence-corrected chi connectivity index (χ3v) is 3.48. The van der Waals surface area contributed by atoms with Crippen LogP contribution in [0, 0.1) is 5.82 Å². The lowest BCUT2D eigenvalue weighted by Gasteiger charge is -2.15. The normalized spacial score (nSPS) is 11.9. The Morgan fingerprint density at radius 3 is 2.50 bits per heavy atom. The molecule has 3 nitrogen and oxygen atoms in total. The maximum absolute atomic E-state index is 13.7. The van der Waals surface area contributed by atoms with Crippen LogP contribution in [-0.4, -0.2) is 5.91 Å². The number of anilines is 1. The summed E-state index contributed by atoms with van der Waals surface area (Å²) in [5.41, 5.74) is 6.68. The molecule has 1 atom stereocenters. The van der Waals surface area contributed by atoms with Gasteiger partial charge in [0.15, 0.2) is 0 Å². The molecule has 0 radical (unpaired) electrons. The molecule has 0 aliphatic carbocycles. The molecule has 0 aliphatic rings. The molecule has 104 valence electrons. The number of halogens is 2. The van der Waals surface area contributed by atoms with Crippen molar-refractivity contribution in [2.24, 2.45) is 0 Å². The molecular weight excluding hydrogens is 323 g/mol. The van der Waals surface area contributed by atoms with E-state index in [4.69, 9.17) is 5.73 Å². The minimum Gasteiger partial charge on any atom is -0.399 e. The van der Waals surface area contributed by atoms with Crippen LogP contribution in [-0.2, 0) is 0 Å². The molecule has 0 heterocycles. The fourth-order valence-corrected chi connectivity index (χ4v) is 2.09. The summed E-state index contributed by atoms with van der Waals surface area (Å²) in [7, 11) is 0. The van der Waals surface area contributed by atoms with Gasteiger partial charge in [-0.25, -0.2) is 4.39 Å². The molecule has 0 unspecified atom stereocenters. The second-order valence-electron chi connectivity index (χ2n) is 4.49. The van der Waals surface area contributed by atoms with E-state index < -0.39 is 11.7 Å². The summed E-state index contributed by atoms with van der Waals surface area (Å²) in [6, 6.07) is 11.4. The van der Waals surface area contributed by atoms with E-state index in [1.807, 2.05) is 31.2 Å². The third-order valence-electron chi connectivity index (χ3n) is 2.96. The van der Waals surface area contributed by atoms with E-state index in [9.17, 15) is 9.18 Å². The van der Waals surface area contributed by atoms with Crippen LogP contribution in [0.25, 0.3) is 0 Å². The van der Waals surface area contributed by atoms with E-state index in [-0.39, 0.29) is 11.6 Å². The van der Waals surface area contributed by atoms with Gasteiger partial charge in [-0.15, -0.1) is 0 Å². The summed E-state index contributed by atoms with van der Waals surface area (Å²) in [5.74, 6) is -1.08. The molecule has 0 spiro atoms. The molecule has 0 fully saturated rings. The van der Waals surface area contributed by atoms with Gasteiger partial charge >= 0.3 is 0 Å². The van der Waals surface area contributed by atoms with E-state index in [1.54, 1.807) is 0 Å². The third kappa shape index (κ3) is 3.36. The summed E-state index contributed by atoms with van der Waals surface area (Å²) in [6.07, 6.45) is 0. The van der Waals surface area contributed by atoms with E-state index in [2.05, 4.69) is 21.2 Å². The monoisotopic (exact) mass is 336 g/mol. The first-order chi connectivity index (χ1) is 9.47. The number of nitrogen functional groups attached to an aromatic ring is 1. The van der Waals surface area contributed by atoms with Gasteiger partial charge in [-0.1, -0.05) is 28.1 Å². The Labute approximate surface area is 125 Å². The van der Waals surface area contributed by atoms with Gasteiger partial charge in [0.05, 0.1) is 11.6 Å². The van der Waals surface area contributed by atoms with Crippen molar-refractivity contribution in [1.82, 2.24) is 5.32 Å². The average Bonchev–Trinajstić information content (AvgIpc) is 2.39. The van der Waals surface area contributed by atoms with E-state index in [0.29, 0.717) is 5.69 Å². The van der Waals surface area contributed by atoms with Crippen molar-refractivity contribution in [3.8, 4) is 0 Å². The predicted octanol–water partition coefficient (Wildman–Crippen LogP) is 3.66. The number of nitrogens with one attached hydrogen (secondary N) is 1. The minimum absolute atomic E-state index is 0.0110. The standard InChI is InChI=1S/C15H14BrFN2O/c1-9(10-2-4-11(16)5-3-10)19-15(20)13-7-6-12(18)8-14(13)17/h2-9H,18H2,1H3,(H,19,20)/t9-/m0/s1. The highest BCUT2D eigenvalue weighted by molar-refractivity contribution is 9.10. The molecule has 0 bridgehead atoms. The average molecular weight is 337 g/mol. The van der Waals surface area contributed by atoms with Crippen molar-refractivity contribution in [2.75, 3.05) is 5.73 Å². The van der Waals surface area contributed by atoms with Crippen LogP contribution in [0.3, 0.4) is 0 Å². The Morgan fingerprint density at radius 2 is 1.90 bits per heavy atom. The van der Waals surface area contributed by atoms with Crippen LogP contribution in [0.5, 0.6) is 0 Å². The van der Waals surface area contributed by atoms with E-state index in [0.717, 1.165) is 16.1 Å². The molecule has 0 aromatic heterocycles. The van der Waals surface area contributed by atoms with Crippen LogP contribution in [0.1, 0.15) is 28.9 Å². The Morgan fingerprint density at radius 1 is 1.25 bits per heavy atom. The number of amides is 1. The first kappa shape index (κ1) is 14.5. The summed E-state index contributed by atoms with van der Waals surface area (Å²) < 4.78 is 14.6. The lowest BCUT2D eigenvalue weighted by Crippen LogP contribution is -2.27. The Bertz CT molecular complexity index is 628. The fraction of sp³-hybridized carbons (Fsp3) is 0.133. The topological polar surface area (TPSA) is 55.1 Å². The van der Waals surface area contributed by atoms with Gasteiger partial charge in [-0.3, -0.25) is 4.79 Å². The molecule has 5 heteroatoms. The molecule has 0 aliphatic heterocycles. The zero-order valence-electron chi connectivity index (χ0n) is 10.9. The molecular formula is C15H14BrFN2O. The summed E-state index contributed by atoms with van der Waals surface area (Å²) >= 11 is 3.35. The van der Waals surface area contributed by atoms with Gasteiger partial charge in [0.2, 0.25) is 0 Å². The Hall–Kier alpha value is -1.88.